The Hall–Kier alpha value is -1.26. The van der Waals surface area contributed by atoms with Crippen molar-refractivity contribution < 1.29 is 19.7 Å². The standard InChI is InChI=1S/C16H24O4/c1-11-7-9-16(18,10-8-11)15(17)14-12(19-2)5-4-6-13(14)20-3/h4-6,11,15,17-18H,7-10H2,1-3H3. The second-order valence-corrected chi connectivity index (χ2v) is 5.76. The Bertz CT molecular complexity index is 428. The molecule has 4 nitrogen and oxygen atoms in total. The Balaban J connectivity index is 2.35. The summed E-state index contributed by atoms with van der Waals surface area (Å²) in [6.45, 7) is 2.18. The van der Waals surface area contributed by atoms with Gasteiger partial charge in [-0.3, -0.25) is 0 Å². The van der Waals surface area contributed by atoms with E-state index in [4.69, 9.17) is 9.47 Å². The summed E-state index contributed by atoms with van der Waals surface area (Å²) in [5, 5.41) is 21.5. The zero-order valence-electron chi connectivity index (χ0n) is 12.4. The minimum Gasteiger partial charge on any atom is -0.496 e. The van der Waals surface area contributed by atoms with Gasteiger partial charge in [-0.2, -0.15) is 0 Å². The van der Waals surface area contributed by atoms with Crippen molar-refractivity contribution in [2.45, 2.75) is 44.3 Å². The van der Waals surface area contributed by atoms with E-state index < -0.39 is 11.7 Å². The first-order valence-corrected chi connectivity index (χ1v) is 7.13. The van der Waals surface area contributed by atoms with Gasteiger partial charge in [0.15, 0.2) is 0 Å². The third-order valence-electron chi connectivity index (χ3n) is 4.39. The van der Waals surface area contributed by atoms with Crippen molar-refractivity contribution in [1.82, 2.24) is 0 Å². The predicted octanol–water partition coefficient (Wildman–Crippen LogP) is 2.68. The van der Waals surface area contributed by atoms with Gasteiger partial charge in [0.1, 0.15) is 17.6 Å². The molecule has 0 saturated heterocycles. The lowest BCUT2D eigenvalue weighted by Gasteiger charge is -2.39. The van der Waals surface area contributed by atoms with Crippen molar-refractivity contribution >= 4 is 0 Å². The molecule has 2 N–H and O–H groups in total. The van der Waals surface area contributed by atoms with E-state index in [-0.39, 0.29) is 0 Å². The maximum atomic E-state index is 10.8. The molecule has 0 aliphatic heterocycles. The number of benzene rings is 1. The van der Waals surface area contributed by atoms with Gasteiger partial charge in [-0.25, -0.2) is 0 Å². The number of aliphatic hydroxyl groups is 2. The number of methoxy groups -OCH3 is 2. The van der Waals surface area contributed by atoms with Crippen LogP contribution >= 0.6 is 0 Å². The first kappa shape index (κ1) is 15.1. The Kier molecular flexibility index (Phi) is 4.55. The molecule has 2 rings (SSSR count). The van der Waals surface area contributed by atoms with Crippen LogP contribution in [0.25, 0.3) is 0 Å². The summed E-state index contributed by atoms with van der Waals surface area (Å²) in [5.74, 6) is 1.69. The molecule has 1 aromatic carbocycles. The lowest BCUT2D eigenvalue weighted by atomic mass is 9.74. The van der Waals surface area contributed by atoms with Gasteiger partial charge in [-0.1, -0.05) is 13.0 Å². The molecule has 0 aromatic heterocycles. The number of ether oxygens (including phenoxy) is 2. The molecule has 4 heteroatoms. The van der Waals surface area contributed by atoms with Crippen molar-refractivity contribution in [2.75, 3.05) is 14.2 Å². The van der Waals surface area contributed by atoms with Gasteiger partial charge in [0.2, 0.25) is 0 Å². The number of hydrogen-bond donors (Lipinski definition) is 2. The van der Waals surface area contributed by atoms with E-state index >= 15 is 0 Å². The highest BCUT2D eigenvalue weighted by Gasteiger charge is 2.41. The summed E-state index contributed by atoms with van der Waals surface area (Å²) in [7, 11) is 3.11. The molecule has 1 aliphatic rings. The fraction of sp³-hybridized carbons (Fsp3) is 0.625. The molecule has 1 unspecified atom stereocenters. The van der Waals surface area contributed by atoms with Gasteiger partial charge in [0.05, 0.1) is 25.4 Å². The van der Waals surface area contributed by atoms with E-state index in [0.29, 0.717) is 35.8 Å². The van der Waals surface area contributed by atoms with Crippen LogP contribution in [0.15, 0.2) is 18.2 Å². The minimum absolute atomic E-state index is 0.537. The van der Waals surface area contributed by atoms with E-state index in [1.54, 1.807) is 32.4 Å². The zero-order chi connectivity index (χ0) is 14.8. The van der Waals surface area contributed by atoms with E-state index in [2.05, 4.69) is 6.92 Å². The maximum Gasteiger partial charge on any atom is 0.128 e. The second-order valence-electron chi connectivity index (χ2n) is 5.76. The molecule has 1 saturated carbocycles. The smallest absolute Gasteiger partial charge is 0.128 e. The zero-order valence-corrected chi connectivity index (χ0v) is 12.4. The van der Waals surface area contributed by atoms with Crippen LogP contribution in [0.4, 0.5) is 0 Å². The van der Waals surface area contributed by atoms with Crippen LogP contribution in [-0.2, 0) is 0 Å². The second kappa shape index (κ2) is 6.02. The quantitative estimate of drug-likeness (QED) is 0.890. The third kappa shape index (κ3) is 2.76. The molecule has 0 radical (unpaired) electrons. The normalized spacial score (nSPS) is 27.9. The molecular formula is C16H24O4. The molecular weight excluding hydrogens is 256 g/mol. The molecule has 20 heavy (non-hydrogen) atoms. The van der Waals surface area contributed by atoms with Crippen molar-refractivity contribution in [2.24, 2.45) is 5.92 Å². The molecule has 112 valence electrons. The average molecular weight is 280 g/mol. The molecule has 0 bridgehead atoms. The first-order chi connectivity index (χ1) is 9.51. The Morgan fingerprint density at radius 1 is 1.15 bits per heavy atom. The Labute approximate surface area is 120 Å². The van der Waals surface area contributed by atoms with Crippen molar-refractivity contribution in [3.63, 3.8) is 0 Å². The van der Waals surface area contributed by atoms with Gasteiger partial charge in [0, 0.05) is 0 Å². The highest BCUT2D eigenvalue weighted by molar-refractivity contribution is 5.47. The molecule has 1 atom stereocenters. The number of rotatable bonds is 4. The predicted molar refractivity (Wildman–Crippen MR) is 77.1 cm³/mol. The van der Waals surface area contributed by atoms with Crippen LogP contribution in [0.1, 0.15) is 44.3 Å². The van der Waals surface area contributed by atoms with Gasteiger partial charge in [-0.15, -0.1) is 0 Å². The first-order valence-electron chi connectivity index (χ1n) is 7.13. The summed E-state index contributed by atoms with van der Waals surface area (Å²) in [6, 6.07) is 5.35. The SMILES string of the molecule is COc1cccc(OC)c1C(O)C1(O)CCC(C)CC1. The van der Waals surface area contributed by atoms with Gasteiger partial charge in [-0.05, 0) is 43.7 Å². The summed E-state index contributed by atoms with van der Waals surface area (Å²) in [5.41, 5.74) is -0.566. The lowest BCUT2D eigenvalue weighted by molar-refractivity contribution is -0.106. The topological polar surface area (TPSA) is 58.9 Å². The van der Waals surface area contributed by atoms with Crippen LogP contribution in [-0.4, -0.2) is 30.0 Å². The number of hydrogen-bond acceptors (Lipinski definition) is 4. The maximum absolute atomic E-state index is 10.8. The highest BCUT2D eigenvalue weighted by Crippen LogP contribution is 2.45. The Morgan fingerprint density at radius 2 is 1.65 bits per heavy atom. The van der Waals surface area contributed by atoms with Crippen molar-refractivity contribution in [1.29, 1.82) is 0 Å². The van der Waals surface area contributed by atoms with Crippen LogP contribution in [0.3, 0.4) is 0 Å². The van der Waals surface area contributed by atoms with E-state index in [9.17, 15) is 10.2 Å². The Morgan fingerprint density at radius 3 is 2.10 bits per heavy atom. The molecule has 1 fully saturated rings. The van der Waals surface area contributed by atoms with E-state index in [1.165, 1.54) is 0 Å². The van der Waals surface area contributed by atoms with Crippen molar-refractivity contribution in [3.05, 3.63) is 23.8 Å². The molecule has 1 aliphatic carbocycles. The third-order valence-corrected chi connectivity index (χ3v) is 4.39. The minimum atomic E-state index is -1.10. The van der Waals surface area contributed by atoms with Crippen molar-refractivity contribution in [3.8, 4) is 11.5 Å². The van der Waals surface area contributed by atoms with Gasteiger partial charge >= 0.3 is 0 Å². The largest absolute Gasteiger partial charge is 0.496 e. The fourth-order valence-corrected chi connectivity index (χ4v) is 2.95. The van der Waals surface area contributed by atoms with E-state index in [0.717, 1.165) is 12.8 Å². The fourth-order valence-electron chi connectivity index (χ4n) is 2.95. The molecule has 0 spiro atoms. The van der Waals surface area contributed by atoms with E-state index in [1.807, 2.05) is 0 Å². The van der Waals surface area contributed by atoms with Gasteiger partial charge in [0.25, 0.3) is 0 Å². The molecule has 0 heterocycles. The summed E-state index contributed by atoms with van der Waals surface area (Å²) in [4.78, 5) is 0. The summed E-state index contributed by atoms with van der Waals surface area (Å²) in [6.07, 6.45) is 2.03. The average Bonchev–Trinajstić information content (AvgIpc) is 2.48. The summed E-state index contributed by atoms with van der Waals surface area (Å²) < 4.78 is 10.6. The molecule has 0 amide bonds. The van der Waals surface area contributed by atoms with Crippen LogP contribution in [0, 0.1) is 5.92 Å². The van der Waals surface area contributed by atoms with Crippen LogP contribution in [0.5, 0.6) is 11.5 Å². The summed E-state index contributed by atoms with van der Waals surface area (Å²) >= 11 is 0. The number of aliphatic hydroxyl groups excluding tert-OH is 1. The molecule has 1 aromatic rings. The monoisotopic (exact) mass is 280 g/mol. The lowest BCUT2D eigenvalue weighted by Crippen LogP contribution is -2.40. The van der Waals surface area contributed by atoms with Crippen LogP contribution in [0.2, 0.25) is 0 Å². The van der Waals surface area contributed by atoms with Crippen LogP contribution < -0.4 is 9.47 Å². The highest BCUT2D eigenvalue weighted by atomic mass is 16.5. The van der Waals surface area contributed by atoms with Gasteiger partial charge < -0.3 is 19.7 Å².